The average Bonchev–Trinajstić information content (AvgIpc) is 3.24. The number of rotatable bonds is 9. The first-order valence-corrected chi connectivity index (χ1v) is 10.6. The Morgan fingerprint density at radius 2 is 2.10 bits per heavy atom. The second kappa shape index (κ2) is 13.8. The maximum absolute atomic E-state index is 6.16. The van der Waals surface area contributed by atoms with Crippen LogP contribution in [-0.2, 0) is 22.6 Å². The highest BCUT2D eigenvalue weighted by molar-refractivity contribution is 14.0. The van der Waals surface area contributed by atoms with Crippen molar-refractivity contribution in [1.82, 2.24) is 10.6 Å². The summed E-state index contributed by atoms with van der Waals surface area (Å²) >= 11 is 5.99. The predicted molar refractivity (Wildman–Crippen MR) is 136 cm³/mol. The molecule has 0 aromatic heterocycles. The third-order valence-electron chi connectivity index (χ3n) is 4.77. The van der Waals surface area contributed by atoms with Crippen molar-refractivity contribution >= 4 is 41.5 Å². The minimum atomic E-state index is 0. The fourth-order valence-corrected chi connectivity index (χ4v) is 3.37. The van der Waals surface area contributed by atoms with E-state index in [1.165, 1.54) is 5.56 Å². The second-order valence-electron chi connectivity index (χ2n) is 7.25. The van der Waals surface area contributed by atoms with Gasteiger partial charge in [0.1, 0.15) is 11.9 Å². The third kappa shape index (κ3) is 8.84. The van der Waals surface area contributed by atoms with Crippen molar-refractivity contribution in [3.8, 4) is 5.75 Å². The minimum absolute atomic E-state index is 0. The molecule has 6 nitrogen and oxygen atoms in total. The van der Waals surface area contributed by atoms with E-state index < -0.39 is 0 Å². The highest BCUT2D eigenvalue weighted by atomic mass is 127. The molecule has 2 aromatic rings. The van der Waals surface area contributed by atoms with Crippen LogP contribution in [-0.4, -0.2) is 45.5 Å². The van der Waals surface area contributed by atoms with Crippen LogP contribution in [0.1, 0.15) is 23.1 Å². The van der Waals surface area contributed by atoms with Crippen molar-refractivity contribution in [1.29, 1.82) is 0 Å². The number of ether oxygens (including phenoxy) is 3. The van der Waals surface area contributed by atoms with E-state index in [-0.39, 0.29) is 30.1 Å². The van der Waals surface area contributed by atoms with Gasteiger partial charge >= 0.3 is 0 Å². The van der Waals surface area contributed by atoms with E-state index in [4.69, 9.17) is 25.8 Å². The lowest BCUT2D eigenvalue weighted by molar-refractivity contribution is 0.125. The molecule has 0 amide bonds. The quantitative estimate of drug-likeness (QED) is 0.207. The van der Waals surface area contributed by atoms with E-state index in [0.29, 0.717) is 32.9 Å². The number of halogens is 2. The van der Waals surface area contributed by atoms with Crippen molar-refractivity contribution in [3.05, 3.63) is 64.2 Å². The molecule has 0 radical (unpaired) electrons. The molecule has 8 heteroatoms. The molecule has 3 rings (SSSR count). The van der Waals surface area contributed by atoms with E-state index in [1.54, 1.807) is 7.05 Å². The van der Waals surface area contributed by atoms with Gasteiger partial charge in [0.2, 0.25) is 0 Å². The van der Waals surface area contributed by atoms with Gasteiger partial charge in [-0.2, -0.15) is 0 Å². The number of hydrogen-bond donors (Lipinski definition) is 2. The van der Waals surface area contributed by atoms with Crippen LogP contribution in [0.4, 0.5) is 0 Å². The molecule has 0 bridgehead atoms. The third-order valence-corrected chi connectivity index (χ3v) is 5.01. The van der Waals surface area contributed by atoms with Gasteiger partial charge in [-0.15, -0.1) is 24.0 Å². The molecule has 1 fully saturated rings. The number of guanidine groups is 1. The van der Waals surface area contributed by atoms with E-state index in [9.17, 15) is 0 Å². The summed E-state index contributed by atoms with van der Waals surface area (Å²) in [6.45, 7) is 5.85. The van der Waals surface area contributed by atoms with Crippen LogP contribution in [0.3, 0.4) is 0 Å². The van der Waals surface area contributed by atoms with Gasteiger partial charge in [0, 0.05) is 37.1 Å². The lowest BCUT2D eigenvalue weighted by atomic mass is 10.1. The van der Waals surface area contributed by atoms with Gasteiger partial charge in [-0.05, 0) is 36.2 Å². The molecule has 1 heterocycles. The highest BCUT2D eigenvalue weighted by Crippen LogP contribution is 2.23. The average molecular weight is 560 g/mol. The number of aliphatic imine (C=N–C) groups is 1. The second-order valence-corrected chi connectivity index (χ2v) is 7.69. The Morgan fingerprint density at radius 1 is 1.23 bits per heavy atom. The maximum atomic E-state index is 6.16. The van der Waals surface area contributed by atoms with Crippen LogP contribution >= 0.6 is 35.6 Å². The first kappa shape index (κ1) is 25.7. The van der Waals surface area contributed by atoms with Crippen LogP contribution < -0.4 is 15.4 Å². The van der Waals surface area contributed by atoms with Gasteiger partial charge in [0.15, 0.2) is 5.96 Å². The molecule has 2 N–H and O–H groups in total. The summed E-state index contributed by atoms with van der Waals surface area (Å²) in [5.74, 6) is 1.62. The van der Waals surface area contributed by atoms with Crippen molar-refractivity contribution in [2.75, 3.05) is 33.4 Å². The van der Waals surface area contributed by atoms with Crippen molar-refractivity contribution in [2.45, 2.75) is 32.6 Å². The van der Waals surface area contributed by atoms with Crippen molar-refractivity contribution in [2.24, 2.45) is 4.99 Å². The molecule has 0 saturated carbocycles. The number of nitrogens with zero attached hydrogens (tertiary/aromatic N) is 1. The molecule has 1 unspecified atom stereocenters. The van der Waals surface area contributed by atoms with Crippen LogP contribution in [0, 0.1) is 6.92 Å². The van der Waals surface area contributed by atoms with Gasteiger partial charge in [-0.25, -0.2) is 0 Å². The summed E-state index contributed by atoms with van der Waals surface area (Å²) in [6.07, 6.45) is 1.05. The Kier molecular flexibility index (Phi) is 11.4. The number of aryl methyl sites for hydroxylation is 1. The van der Waals surface area contributed by atoms with Crippen LogP contribution in [0.5, 0.6) is 5.75 Å². The first-order valence-electron chi connectivity index (χ1n) is 10.2. The molecule has 2 aromatic carbocycles. The van der Waals surface area contributed by atoms with Gasteiger partial charge in [-0.3, -0.25) is 4.99 Å². The minimum Gasteiger partial charge on any atom is -0.488 e. The lowest BCUT2D eigenvalue weighted by Gasteiger charge is -2.18. The molecule has 170 valence electrons. The monoisotopic (exact) mass is 559 g/mol. The summed E-state index contributed by atoms with van der Waals surface area (Å²) in [5.41, 5.74) is 3.32. The Balaban J connectivity index is 0.00000341. The predicted octanol–water partition coefficient (Wildman–Crippen LogP) is 4.32. The van der Waals surface area contributed by atoms with E-state index in [1.807, 2.05) is 24.3 Å². The Hall–Kier alpha value is -1.55. The summed E-state index contributed by atoms with van der Waals surface area (Å²) in [5, 5.41) is 7.33. The van der Waals surface area contributed by atoms with Gasteiger partial charge < -0.3 is 24.8 Å². The summed E-state index contributed by atoms with van der Waals surface area (Å²) < 4.78 is 17.3. The zero-order valence-electron chi connectivity index (χ0n) is 18.0. The fraction of sp³-hybridized carbons (Fsp3) is 0.435. The molecular weight excluding hydrogens is 529 g/mol. The Morgan fingerprint density at radius 3 is 2.84 bits per heavy atom. The van der Waals surface area contributed by atoms with Crippen LogP contribution in [0.2, 0.25) is 5.02 Å². The fourth-order valence-electron chi connectivity index (χ4n) is 3.16. The zero-order valence-corrected chi connectivity index (χ0v) is 21.1. The number of nitrogens with one attached hydrogen (secondary N) is 2. The molecule has 0 spiro atoms. The van der Waals surface area contributed by atoms with Gasteiger partial charge in [-0.1, -0.05) is 35.9 Å². The molecule has 31 heavy (non-hydrogen) atoms. The summed E-state index contributed by atoms with van der Waals surface area (Å²) in [6, 6.07) is 14.0. The largest absolute Gasteiger partial charge is 0.488 e. The molecule has 1 aliphatic heterocycles. The van der Waals surface area contributed by atoms with Crippen LogP contribution in [0.25, 0.3) is 0 Å². The summed E-state index contributed by atoms with van der Waals surface area (Å²) in [7, 11) is 1.75. The van der Waals surface area contributed by atoms with E-state index in [2.05, 4.69) is 40.7 Å². The maximum Gasteiger partial charge on any atom is 0.191 e. The smallest absolute Gasteiger partial charge is 0.191 e. The highest BCUT2D eigenvalue weighted by Gasteiger charge is 2.18. The molecular formula is C23H31ClIN3O3. The normalized spacial score (nSPS) is 16.0. The summed E-state index contributed by atoms with van der Waals surface area (Å²) in [4.78, 5) is 4.28. The molecule has 1 aliphatic rings. The van der Waals surface area contributed by atoms with Crippen molar-refractivity contribution in [3.63, 3.8) is 0 Å². The lowest BCUT2D eigenvalue weighted by Crippen LogP contribution is -2.38. The SMILES string of the molecule is CN=C(NCCOCc1cccc(Cl)c1)NCc1ccc(C)cc1OC1CCOC1.I. The van der Waals surface area contributed by atoms with Gasteiger partial charge in [0.25, 0.3) is 0 Å². The Labute approximate surface area is 206 Å². The first-order chi connectivity index (χ1) is 14.6. The molecule has 1 saturated heterocycles. The van der Waals surface area contributed by atoms with E-state index >= 15 is 0 Å². The zero-order chi connectivity index (χ0) is 21.2. The molecule has 0 aliphatic carbocycles. The number of benzene rings is 2. The molecule has 1 atom stereocenters. The standard InChI is InChI=1S/C23H30ClN3O3.HI/c1-17-6-7-19(22(12-17)30-21-8-10-28-16-21)14-27-23(25-2)26-9-11-29-15-18-4-3-5-20(24)13-18;/h3-7,12-13,21H,8-11,14-16H2,1-2H3,(H2,25,26,27);1H. The topological polar surface area (TPSA) is 64.1 Å². The Bertz CT molecular complexity index is 845. The number of hydrogen-bond acceptors (Lipinski definition) is 4. The van der Waals surface area contributed by atoms with Gasteiger partial charge in [0.05, 0.1) is 26.4 Å². The van der Waals surface area contributed by atoms with E-state index in [0.717, 1.165) is 40.9 Å². The van der Waals surface area contributed by atoms with Crippen molar-refractivity contribution < 1.29 is 14.2 Å². The van der Waals surface area contributed by atoms with Crippen LogP contribution in [0.15, 0.2) is 47.5 Å².